The lowest BCUT2D eigenvalue weighted by Crippen LogP contribution is -2.39. The number of hydrogen-bond acceptors (Lipinski definition) is 3. The fraction of sp³-hybridized carbons (Fsp3) is 0.450. The molecule has 1 aromatic carbocycles. The molecule has 1 amide bonds. The lowest BCUT2D eigenvalue weighted by atomic mass is 9.84. The normalized spacial score (nSPS) is 17.2. The molecule has 26 heavy (non-hydrogen) atoms. The van der Waals surface area contributed by atoms with E-state index in [1.165, 1.54) is 17.0 Å². The number of rotatable bonds is 6. The highest BCUT2D eigenvalue weighted by Crippen LogP contribution is 2.44. The van der Waals surface area contributed by atoms with Crippen LogP contribution in [0.2, 0.25) is 5.02 Å². The maximum atomic E-state index is 13.9. The summed E-state index contributed by atoms with van der Waals surface area (Å²) in [5.41, 5.74) is 0.145. The Labute approximate surface area is 162 Å². The van der Waals surface area contributed by atoms with E-state index in [4.69, 9.17) is 11.6 Å². The summed E-state index contributed by atoms with van der Waals surface area (Å²) in [4.78, 5) is 14.5. The van der Waals surface area contributed by atoms with Gasteiger partial charge in [-0.25, -0.2) is 4.39 Å². The average molecular weight is 396 g/mol. The zero-order valence-corrected chi connectivity index (χ0v) is 16.3. The molecule has 1 unspecified atom stereocenters. The Morgan fingerprint density at radius 2 is 2.08 bits per heavy atom. The molecule has 1 aliphatic carbocycles. The standard InChI is InChI=1S/C20H23ClFNO2S/c1-13(24)17-7-8-18(26-17)20(9-2-3-10-20)12-23-19(25)11-14-15(21)5-4-6-16(14)22/h4-8,13,24H,2-3,9-12H2,1H3,(H,23,25). The molecule has 1 fully saturated rings. The zero-order chi connectivity index (χ0) is 18.7. The van der Waals surface area contributed by atoms with Crippen LogP contribution in [0, 0.1) is 5.82 Å². The van der Waals surface area contributed by atoms with Gasteiger partial charge >= 0.3 is 0 Å². The van der Waals surface area contributed by atoms with Crippen LogP contribution in [0.4, 0.5) is 4.39 Å². The number of amides is 1. The second-order valence-corrected chi connectivity index (χ2v) is 8.54. The van der Waals surface area contributed by atoms with Gasteiger partial charge in [-0.15, -0.1) is 11.3 Å². The van der Waals surface area contributed by atoms with Crippen molar-refractivity contribution < 1.29 is 14.3 Å². The van der Waals surface area contributed by atoms with E-state index in [-0.39, 0.29) is 28.3 Å². The molecule has 1 saturated carbocycles. The molecule has 140 valence electrons. The summed E-state index contributed by atoms with van der Waals surface area (Å²) in [5.74, 6) is -0.682. The number of thiophene rings is 1. The first-order valence-corrected chi connectivity index (χ1v) is 10.1. The predicted molar refractivity (Wildman–Crippen MR) is 103 cm³/mol. The lowest BCUT2D eigenvalue weighted by molar-refractivity contribution is -0.120. The van der Waals surface area contributed by atoms with Crippen LogP contribution in [0.15, 0.2) is 30.3 Å². The molecule has 1 atom stereocenters. The van der Waals surface area contributed by atoms with Gasteiger partial charge in [-0.3, -0.25) is 4.79 Å². The highest BCUT2D eigenvalue weighted by atomic mass is 35.5. The van der Waals surface area contributed by atoms with Crippen LogP contribution in [0.25, 0.3) is 0 Å². The highest BCUT2D eigenvalue weighted by Gasteiger charge is 2.37. The molecule has 1 heterocycles. The van der Waals surface area contributed by atoms with Crippen molar-refractivity contribution in [1.29, 1.82) is 0 Å². The summed E-state index contributed by atoms with van der Waals surface area (Å²) in [6.45, 7) is 2.29. The van der Waals surface area contributed by atoms with Crippen LogP contribution in [0.5, 0.6) is 0 Å². The molecule has 1 aromatic heterocycles. The van der Waals surface area contributed by atoms with Gasteiger partial charge in [-0.05, 0) is 44.0 Å². The number of carbonyl (C=O) groups excluding carboxylic acids is 1. The number of halogens is 2. The largest absolute Gasteiger partial charge is 0.388 e. The van der Waals surface area contributed by atoms with Crippen molar-refractivity contribution in [2.75, 3.05) is 6.54 Å². The molecule has 0 spiro atoms. The number of carbonyl (C=O) groups is 1. The van der Waals surface area contributed by atoms with E-state index in [9.17, 15) is 14.3 Å². The van der Waals surface area contributed by atoms with Gasteiger partial charge in [0.2, 0.25) is 5.91 Å². The van der Waals surface area contributed by atoms with Crippen molar-refractivity contribution in [3.63, 3.8) is 0 Å². The fourth-order valence-corrected chi connectivity index (χ4v) is 5.04. The SMILES string of the molecule is CC(O)c1ccc(C2(CNC(=O)Cc3c(F)cccc3Cl)CCCC2)s1. The summed E-state index contributed by atoms with van der Waals surface area (Å²) >= 11 is 7.63. The Bertz CT molecular complexity index is 764. The number of aliphatic hydroxyl groups excluding tert-OH is 1. The van der Waals surface area contributed by atoms with Gasteiger partial charge in [-0.2, -0.15) is 0 Å². The Morgan fingerprint density at radius 3 is 2.69 bits per heavy atom. The van der Waals surface area contributed by atoms with Crippen molar-refractivity contribution in [1.82, 2.24) is 5.32 Å². The Hall–Kier alpha value is -1.43. The van der Waals surface area contributed by atoms with Crippen LogP contribution in [-0.2, 0) is 16.6 Å². The van der Waals surface area contributed by atoms with Crippen LogP contribution < -0.4 is 5.32 Å². The molecular formula is C20H23ClFNO2S. The van der Waals surface area contributed by atoms with E-state index in [0.29, 0.717) is 6.54 Å². The van der Waals surface area contributed by atoms with E-state index < -0.39 is 11.9 Å². The van der Waals surface area contributed by atoms with Crippen molar-refractivity contribution in [3.8, 4) is 0 Å². The van der Waals surface area contributed by atoms with Crippen molar-refractivity contribution >= 4 is 28.8 Å². The second-order valence-electron chi connectivity index (χ2n) is 7.02. The molecule has 6 heteroatoms. The molecule has 0 saturated heterocycles. The summed E-state index contributed by atoms with van der Waals surface area (Å²) in [7, 11) is 0. The quantitative estimate of drug-likeness (QED) is 0.740. The minimum Gasteiger partial charge on any atom is -0.388 e. The molecule has 0 aliphatic heterocycles. The first-order valence-electron chi connectivity index (χ1n) is 8.89. The summed E-state index contributed by atoms with van der Waals surface area (Å²) in [6, 6.07) is 8.47. The molecular weight excluding hydrogens is 373 g/mol. The van der Waals surface area contributed by atoms with Gasteiger partial charge in [0.05, 0.1) is 12.5 Å². The van der Waals surface area contributed by atoms with Crippen LogP contribution >= 0.6 is 22.9 Å². The molecule has 2 N–H and O–H groups in total. The number of benzene rings is 1. The first kappa shape index (κ1) is 19.3. The third-order valence-corrected chi connectivity index (χ3v) is 7.00. The van der Waals surface area contributed by atoms with Gasteiger partial charge in [0.25, 0.3) is 0 Å². The molecule has 0 radical (unpaired) electrons. The van der Waals surface area contributed by atoms with Gasteiger partial charge in [0.1, 0.15) is 5.82 Å². The molecule has 3 nitrogen and oxygen atoms in total. The van der Waals surface area contributed by atoms with Gasteiger partial charge < -0.3 is 10.4 Å². The Morgan fingerprint density at radius 1 is 1.35 bits per heavy atom. The number of hydrogen-bond donors (Lipinski definition) is 2. The van der Waals surface area contributed by atoms with E-state index in [2.05, 4.69) is 11.4 Å². The van der Waals surface area contributed by atoms with E-state index in [1.807, 2.05) is 6.07 Å². The summed E-state index contributed by atoms with van der Waals surface area (Å²) < 4.78 is 13.9. The molecule has 1 aliphatic rings. The first-order chi connectivity index (χ1) is 12.4. The van der Waals surface area contributed by atoms with Gasteiger partial charge in [0, 0.05) is 32.3 Å². The van der Waals surface area contributed by atoms with E-state index in [0.717, 1.165) is 30.6 Å². The minimum atomic E-state index is -0.481. The third kappa shape index (κ3) is 4.11. The minimum absolute atomic E-state index is 0.0645. The molecule has 0 bridgehead atoms. The zero-order valence-electron chi connectivity index (χ0n) is 14.7. The summed E-state index contributed by atoms with van der Waals surface area (Å²) in [6.07, 6.45) is 3.71. The second kappa shape index (κ2) is 8.07. The maximum Gasteiger partial charge on any atom is 0.224 e. The fourth-order valence-electron chi connectivity index (χ4n) is 3.62. The summed E-state index contributed by atoms with van der Waals surface area (Å²) in [5, 5.41) is 13.0. The van der Waals surface area contributed by atoms with Crippen LogP contribution in [0.3, 0.4) is 0 Å². The number of nitrogens with one attached hydrogen (secondary N) is 1. The van der Waals surface area contributed by atoms with Crippen LogP contribution in [-0.4, -0.2) is 17.6 Å². The topological polar surface area (TPSA) is 49.3 Å². The molecule has 3 rings (SSSR count). The van der Waals surface area contributed by atoms with Crippen molar-refractivity contribution in [2.45, 2.75) is 50.5 Å². The monoisotopic (exact) mass is 395 g/mol. The van der Waals surface area contributed by atoms with Gasteiger partial charge in [0.15, 0.2) is 0 Å². The van der Waals surface area contributed by atoms with E-state index >= 15 is 0 Å². The average Bonchev–Trinajstić information content (AvgIpc) is 3.26. The number of aliphatic hydroxyl groups is 1. The van der Waals surface area contributed by atoms with Crippen molar-refractivity contribution in [3.05, 3.63) is 56.5 Å². The Kier molecular flexibility index (Phi) is 6.00. The maximum absolute atomic E-state index is 13.9. The smallest absolute Gasteiger partial charge is 0.224 e. The molecule has 2 aromatic rings. The van der Waals surface area contributed by atoms with Crippen LogP contribution in [0.1, 0.15) is 54.0 Å². The van der Waals surface area contributed by atoms with Crippen molar-refractivity contribution in [2.24, 2.45) is 0 Å². The van der Waals surface area contributed by atoms with E-state index in [1.54, 1.807) is 24.3 Å². The predicted octanol–water partition coefficient (Wildman–Crippen LogP) is 4.76. The highest BCUT2D eigenvalue weighted by molar-refractivity contribution is 7.12. The Balaban J connectivity index is 1.70. The van der Waals surface area contributed by atoms with Gasteiger partial charge in [-0.1, -0.05) is 30.5 Å². The lowest BCUT2D eigenvalue weighted by Gasteiger charge is -2.28. The third-order valence-electron chi connectivity index (χ3n) is 5.14.